The van der Waals surface area contributed by atoms with Crippen molar-refractivity contribution in [3.05, 3.63) is 28.7 Å². The minimum atomic E-state index is -1.06. The van der Waals surface area contributed by atoms with Gasteiger partial charge in [-0.05, 0) is 23.8 Å². The first-order valence-corrected chi connectivity index (χ1v) is 5.15. The Balaban J connectivity index is 2.30. The van der Waals surface area contributed by atoms with Crippen molar-refractivity contribution in [2.45, 2.75) is 0 Å². The maximum absolute atomic E-state index is 10.6. The van der Waals surface area contributed by atoms with Gasteiger partial charge >= 0.3 is 5.97 Å². The van der Waals surface area contributed by atoms with Gasteiger partial charge in [0, 0.05) is 0 Å². The van der Waals surface area contributed by atoms with E-state index >= 15 is 0 Å². The molecule has 1 N–H and O–H groups in total. The van der Waals surface area contributed by atoms with Crippen molar-refractivity contribution in [2.75, 3.05) is 13.2 Å². The topological polar surface area (TPSA) is 55.8 Å². The van der Waals surface area contributed by atoms with Gasteiger partial charge in [-0.25, -0.2) is 4.79 Å². The molecular weight excluding hydrogens is 228 g/mol. The molecule has 1 aliphatic rings. The number of hydrogen-bond donors (Lipinski definition) is 2. The fraction of sp³-hybridized carbons (Fsp3) is 0.182. The molecule has 5 heteroatoms. The van der Waals surface area contributed by atoms with E-state index in [4.69, 9.17) is 14.6 Å². The highest BCUT2D eigenvalue weighted by molar-refractivity contribution is 7.85. The molecule has 1 aromatic rings. The third-order valence-electron chi connectivity index (χ3n) is 2.09. The first-order chi connectivity index (χ1) is 7.66. The molecule has 1 aliphatic heterocycles. The summed E-state index contributed by atoms with van der Waals surface area (Å²) in [5, 5.41) is 8.68. The molecule has 0 atom stereocenters. The third kappa shape index (κ3) is 2.30. The largest absolute Gasteiger partial charge is 0.486 e. The van der Waals surface area contributed by atoms with Crippen LogP contribution in [-0.4, -0.2) is 24.3 Å². The van der Waals surface area contributed by atoms with E-state index in [2.05, 4.69) is 12.6 Å². The first-order valence-electron chi connectivity index (χ1n) is 4.70. The summed E-state index contributed by atoms with van der Waals surface area (Å²) >= 11 is 3.85. The monoisotopic (exact) mass is 238 g/mol. The standard InChI is InChI=1S/C11H10O4S/c12-11(13)10(16)6-7-1-2-8-9(5-7)15-4-3-14-8/h1-2,5-6,16H,3-4H2,(H,12,13). The highest BCUT2D eigenvalue weighted by Gasteiger charge is 2.11. The number of carboxylic acid groups (broad SMARTS) is 1. The predicted molar refractivity (Wildman–Crippen MR) is 62.0 cm³/mol. The lowest BCUT2D eigenvalue weighted by Gasteiger charge is -2.18. The van der Waals surface area contributed by atoms with Gasteiger partial charge in [-0.3, -0.25) is 0 Å². The second-order valence-corrected chi connectivity index (χ2v) is 3.72. The summed E-state index contributed by atoms with van der Waals surface area (Å²) in [5.74, 6) is 0.254. The Morgan fingerprint density at radius 1 is 1.31 bits per heavy atom. The van der Waals surface area contributed by atoms with Gasteiger partial charge < -0.3 is 14.6 Å². The molecule has 16 heavy (non-hydrogen) atoms. The molecule has 0 amide bonds. The molecule has 0 saturated carbocycles. The van der Waals surface area contributed by atoms with E-state index in [1.165, 1.54) is 6.08 Å². The Kier molecular flexibility index (Phi) is 3.05. The van der Waals surface area contributed by atoms with E-state index in [1.807, 2.05) is 0 Å². The second kappa shape index (κ2) is 4.49. The smallest absolute Gasteiger partial charge is 0.341 e. The van der Waals surface area contributed by atoms with Crippen molar-refractivity contribution in [2.24, 2.45) is 0 Å². The van der Waals surface area contributed by atoms with Crippen LogP contribution in [0.25, 0.3) is 6.08 Å². The number of carboxylic acids is 1. The Labute approximate surface area is 97.9 Å². The van der Waals surface area contributed by atoms with Gasteiger partial charge in [-0.2, -0.15) is 0 Å². The van der Waals surface area contributed by atoms with Crippen LogP contribution in [0.4, 0.5) is 0 Å². The van der Waals surface area contributed by atoms with E-state index in [0.29, 0.717) is 24.7 Å². The fourth-order valence-corrected chi connectivity index (χ4v) is 1.52. The zero-order chi connectivity index (χ0) is 11.5. The van der Waals surface area contributed by atoms with Crippen LogP contribution in [0.3, 0.4) is 0 Å². The lowest BCUT2D eigenvalue weighted by molar-refractivity contribution is -0.131. The average molecular weight is 238 g/mol. The predicted octanol–water partition coefficient (Wildman–Crippen LogP) is 1.81. The summed E-state index contributed by atoms with van der Waals surface area (Å²) in [6.07, 6.45) is 1.46. The van der Waals surface area contributed by atoms with Gasteiger partial charge in [-0.1, -0.05) is 6.07 Å². The molecule has 84 valence electrons. The molecule has 0 bridgehead atoms. The Hall–Kier alpha value is -1.62. The quantitative estimate of drug-likeness (QED) is 0.609. The summed E-state index contributed by atoms with van der Waals surface area (Å²) in [5.41, 5.74) is 0.719. The van der Waals surface area contributed by atoms with Crippen LogP contribution in [0.1, 0.15) is 5.56 Å². The minimum absolute atomic E-state index is 0.0170. The van der Waals surface area contributed by atoms with Crippen LogP contribution in [0.15, 0.2) is 23.1 Å². The molecule has 0 radical (unpaired) electrons. The maximum Gasteiger partial charge on any atom is 0.341 e. The van der Waals surface area contributed by atoms with Crippen molar-refractivity contribution in [3.63, 3.8) is 0 Å². The lowest BCUT2D eigenvalue weighted by atomic mass is 10.2. The van der Waals surface area contributed by atoms with Gasteiger partial charge in [0.05, 0.1) is 4.91 Å². The molecule has 0 unspecified atom stereocenters. The van der Waals surface area contributed by atoms with E-state index < -0.39 is 5.97 Å². The summed E-state index contributed by atoms with van der Waals surface area (Å²) in [4.78, 5) is 10.6. The molecule has 2 rings (SSSR count). The zero-order valence-corrected chi connectivity index (χ0v) is 9.24. The Morgan fingerprint density at radius 2 is 2.00 bits per heavy atom. The number of carbonyl (C=O) groups is 1. The number of aliphatic carboxylic acids is 1. The minimum Gasteiger partial charge on any atom is -0.486 e. The van der Waals surface area contributed by atoms with Crippen molar-refractivity contribution in [1.29, 1.82) is 0 Å². The third-order valence-corrected chi connectivity index (χ3v) is 2.41. The number of benzene rings is 1. The van der Waals surface area contributed by atoms with Gasteiger partial charge in [0.2, 0.25) is 0 Å². The highest BCUT2D eigenvalue weighted by Crippen LogP contribution is 2.31. The van der Waals surface area contributed by atoms with Crippen molar-refractivity contribution < 1.29 is 19.4 Å². The van der Waals surface area contributed by atoms with E-state index in [0.717, 1.165) is 5.56 Å². The summed E-state index contributed by atoms with van der Waals surface area (Å²) in [7, 11) is 0. The SMILES string of the molecule is O=C(O)C(S)=Cc1ccc2c(c1)OCCO2. The number of fused-ring (bicyclic) bond motifs is 1. The van der Waals surface area contributed by atoms with Gasteiger partial charge in [0.15, 0.2) is 11.5 Å². The Bertz CT molecular complexity index is 453. The lowest BCUT2D eigenvalue weighted by Crippen LogP contribution is -2.15. The number of hydrogen-bond acceptors (Lipinski definition) is 4. The summed E-state index contributed by atoms with van der Waals surface area (Å²) in [6, 6.07) is 5.24. The molecule has 0 fully saturated rings. The van der Waals surface area contributed by atoms with Gasteiger partial charge in [0.25, 0.3) is 0 Å². The Morgan fingerprint density at radius 3 is 2.69 bits per heavy atom. The van der Waals surface area contributed by atoms with Gasteiger partial charge in [0.1, 0.15) is 13.2 Å². The normalized spacial score (nSPS) is 14.7. The van der Waals surface area contributed by atoms with Crippen molar-refractivity contribution >= 4 is 24.7 Å². The van der Waals surface area contributed by atoms with Crippen LogP contribution >= 0.6 is 12.6 Å². The molecule has 0 spiro atoms. The average Bonchev–Trinajstić information content (AvgIpc) is 2.28. The summed E-state index contributed by atoms with van der Waals surface area (Å²) < 4.78 is 10.7. The van der Waals surface area contributed by atoms with Crippen molar-refractivity contribution in [1.82, 2.24) is 0 Å². The second-order valence-electron chi connectivity index (χ2n) is 3.24. The highest BCUT2D eigenvalue weighted by atomic mass is 32.1. The maximum atomic E-state index is 10.6. The molecule has 4 nitrogen and oxygen atoms in total. The fourth-order valence-electron chi connectivity index (χ4n) is 1.37. The molecule has 1 aromatic carbocycles. The molecule has 0 aromatic heterocycles. The molecule has 1 heterocycles. The van der Waals surface area contributed by atoms with Crippen LogP contribution in [0.2, 0.25) is 0 Å². The first kappa shape index (κ1) is 10.9. The summed E-state index contributed by atoms with van der Waals surface area (Å²) in [6.45, 7) is 1.04. The molecule has 0 aliphatic carbocycles. The van der Waals surface area contributed by atoms with Gasteiger partial charge in [-0.15, -0.1) is 12.6 Å². The zero-order valence-electron chi connectivity index (χ0n) is 8.34. The van der Waals surface area contributed by atoms with E-state index in [1.54, 1.807) is 18.2 Å². The van der Waals surface area contributed by atoms with Crippen LogP contribution in [0, 0.1) is 0 Å². The van der Waals surface area contributed by atoms with Crippen LogP contribution < -0.4 is 9.47 Å². The number of ether oxygens (including phenoxy) is 2. The van der Waals surface area contributed by atoms with Crippen LogP contribution in [0.5, 0.6) is 11.5 Å². The molecular formula is C11H10O4S. The van der Waals surface area contributed by atoms with Crippen LogP contribution in [-0.2, 0) is 4.79 Å². The van der Waals surface area contributed by atoms with E-state index in [9.17, 15) is 4.79 Å². The van der Waals surface area contributed by atoms with Crippen molar-refractivity contribution in [3.8, 4) is 11.5 Å². The molecule has 0 saturated heterocycles. The number of thiol groups is 1. The number of rotatable bonds is 2. The van der Waals surface area contributed by atoms with E-state index in [-0.39, 0.29) is 4.91 Å².